The SMILES string of the molecule is COc1ccc(COCCNc2nc3ccccc3[nH]2)cc1. The molecule has 0 fully saturated rings. The third kappa shape index (κ3) is 3.56. The lowest BCUT2D eigenvalue weighted by molar-refractivity contribution is 0.130. The lowest BCUT2D eigenvalue weighted by atomic mass is 10.2. The van der Waals surface area contributed by atoms with E-state index >= 15 is 0 Å². The molecule has 1 heterocycles. The zero-order chi connectivity index (χ0) is 15.2. The Morgan fingerprint density at radius 3 is 2.68 bits per heavy atom. The molecule has 3 rings (SSSR count). The number of H-pyrrole nitrogens is 1. The molecule has 5 heteroatoms. The molecule has 0 aliphatic carbocycles. The van der Waals surface area contributed by atoms with Gasteiger partial charge in [0.25, 0.3) is 0 Å². The first-order chi connectivity index (χ1) is 10.8. The fraction of sp³-hybridized carbons (Fsp3) is 0.235. The first-order valence-electron chi connectivity index (χ1n) is 7.24. The number of rotatable bonds is 7. The van der Waals surface area contributed by atoms with Crippen molar-refractivity contribution < 1.29 is 9.47 Å². The number of imidazole rings is 1. The Bertz CT molecular complexity index is 689. The van der Waals surface area contributed by atoms with Crippen molar-refractivity contribution in [3.8, 4) is 5.75 Å². The van der Waals surface area contributed by atoms with Crippen LogP contribution in [-0.2, 0) is 11.3 Å². The van der Waals surface area contributed by atoms with Crippen LogP contribution in [0.15, 0.2) is 48.5 Å². The summed E-state index contributed by atoms with van der Waals surface area (Å²) < 4.78 is 10.8. The minimum absolute atomic E-state index is 0.589. The largest absolute Gasteiger partial charge is 0.497 e. The molecule has 22 heavy (non-hydrogen) atoms. The zero-order valence-corrected chi connectivity index (χ0v) is 12.5. The fourth-order valence-electron chi connectivity index (χ4n) is 2.19. The lowest BCUT2D eigenvalue weighted by Gasteiger charge is -2.06. The minimum Gasteiger partial charge on any atom is -0.497 e. The van der Waals surface area contributed by atoms with E-state index in [4.69, 9.17) is 9.47 Å². The Balaban J connectivity index is 1.41. The third-order valence-corrected chi connectivity index (χ3v) is 3.36. The van der Waals surface area contributed by atoms with Crippen LogP contribution in [0.25, 0.3) is 11.0 Å². The van der Waals surface area contributed by atoms with E-state index in [9.17, 15) is 0 Å². The molecule has 1 aromatic heterocycles. The van der Waals surface area contributed by atoms with Gasteiger partial charge in [0.2, 0.25) is 5.95 Å². The highest BCUT2D eigenvalue weighted by Crippen LogP contribution is 2.13. The average molecular weight is 297 g/mol. The van der Waals surface area contributed by atoms with E-state index in [0.29, 0.717) is 19.8 Å². The molecule has 2 N–H and O–H groups in total. The number of ether oxygens (including phenoxy) is 2. The number of para-hydroxylation sites is 2. The summed E-state index contributed by atoms with van der Waals surface area (Å²) in [5.41, 5.74) is 3.12. The summed E-state index contributed by atoms with van der Waals surface area (Å²) in [4.78, 5) is 7.68. The predicted octanol–water partition coefficient (Wildman–Crippen LogP) is 3.20. The monoisotopic (exact) mass is 297 g/mol. The highest BCUT2D eigenvalue weighted by molar-refractivity contribution is 5.77. The highest BCUT2D eigenvalue weighted by Gasteiger charge is 2.00. The fourth-order valence-corrected chi connectivity index (χ4v) is 2.19. The van der Waals surface area contributed by atoms with Crippen molar-refractivity contribution in [2.45, 2.75) is 6.61 Å². The van der Waals surface area contributed by atoms with Gasteiger partial charge in [-0.15, -0.1) is 0 Å². The van der Waals surface area contributed by atoms with Gasteiger partial charge in [-0.1, -0.05) is 24.3 Å². The van der Waals surface area contributed by atoms with Gasteiger partial charge < -0.3 is 19.8 Å². The highest BCUT2D eigenvalue weighted by atomic mass is 16.5. The van der Waals surface area contributed by atoms with E-state index < -0.39 is 0 Å². The molecule has 0 bridgehead atoms. The van der Waals surface area contributed by atoms with Crippen LogP contribution in [0.1, 0.15) is 5.56 Å². The number of hydrogen-bond acceptors (Lipinski definition) is 4. The quantitative estimate of drug-likeness (QED) is 0.658. The van der Waals surface area contributed by atoms with Crippen molar-refractivity contribution >= 4 is 17.0 Å². The maximum Gasteiger partial charge on any atom is 0.201 e. The van der Waals surface area contributed by atoms with Gasteiger partial charge in [0, 0.05) is 6.54 Å². The van der Waals surface area contributed by atoms with Crippen LogP contribution in [0, 0.1) is 0 Å². The number of aromatic nitrogens is 2. The number of benzene rings is 2. The summed E-state index contributed by atoms with van der Waals surface area (Å²) in [6, 6.07) is 15.8. The van der Waals surface area contributed by atoms with Gasteiger partial charge in [-0.05, 0) is 29.8 Å². The summed E-state index contributed by atoms with van der Waals surface area (Å²) in [6.07, 6.45) is 0. The number of methoxy groups -OCH3 is 1. The van der Waals surface area contributed by atoms with E-state index in [-0.39, 0.29) is 0 Å². The molecule has 0 atom stereocenters. The molecule has 5 nitrogen and oxygen atoms in total. The van der Waals surface area contributed by atoms with Gasteiger partial charge in [0.1, 0.15) is 5.75 Å². The molecule has 0 spiro atoms. The second kappa shape index (κ2) is 6.95. The second-order valence-corrected chi connectivity index (χ2v) is 4.93. The van der Waals surface area contributed by atoms with E-state index in [1.807, 2.05) is 48.5 Å². The summed E-state index contributed by atoms with van der Waals surface area (Å²) in [5.74, 6) is 1.63. The average Bonchev–Trinajstić information content (AvgIpc) is 2.98. The van der Waals surface area contributed by atoms with Crippen LogP contribution in [-0.4, -0.2) is 30.2 Å². The summed E-state index contributed by atoms with van der Waals surface area (Å²) in [6.45, 7) is 1.91. The topological polar surface area (TPSA) is 59.2 Å². The van der Waals surface area contributed by atoms with Crippen molar-refractivity contribution in [3.63, 3.8) is 0 Å². The van der Waals surface area contributed by atoms with Gasteiger partial charge in [-0.25, -0.2) is 4.98 Å². The van der Waals surface area contributed by atoms with Gasteiger partial charge in [-0.3, -0.25) is 0 Å². The van der Waals surface area contributed by atoms with E-state index in [1.54, 1.807) is 7.11 Å². The van der Waals surface area contributed by atoms with Crippen molar-refractivity contribution in [1.82, 2.24) is 9.97 Å². The number of nitrogens with one attached hydrogen (secondary N) is 2. The first kappa shape index (κ1) is 14.4. The van der Waals surface area contributed by atoms with Gasteiger partial charge in [-0.2, -0.15) is 0 Å². The van der Waals surface area contributed by atoms with E-state index in [1.165, 1.54) is 0 Å². The molecular weight excluding hydrogens is 278 g/mol. The Morgan fingerprint density at radius 2 is 1.91 bits per heavy atom. The van der Waals surface area contributed by atoms with Gasteiger partial charge in [0.15, 0.2) is 0 Å². The first-order valence-corrected chi connectivity index (χ1v) is 7.24. The van der Waals surface area contributed by atoms with Gasteiger partial charge >= 0.3 is 0 Å². The second-order valence-electron chi connectivity index (χ2n) is 4.93. The van der Waals surface area contributed by atoms with Crippen LogP contribution in [0.4, 0.5) is 5.95 Å². The number of nitrogens with zero attached hydrogens (tertiary/aromatic N) is 1. The molecule has 114 valence electrons. The molecule has 0 radical (unpaired) electrons. The molecule has 0 saturated carbocycles. The number of aromatic amines is 1. The maximum atomic E-state index is 5.64. The summed E-state index contributed by atoms with van der Waals surface area (Å²) in [5, 5.41) is 3.23. The van der Waals surface area contributed by atoms with Crippen molar-refractivity contribution in [2.75, 3.05) is 25.6 Å². The number of hydrogen-bond donors (Lipinski definition) is 2. The molecule has 0 aliphatic heterocycles. The molecule has 0 aliphatic rings. The Hall–Kier alpha value is -2.53. The van der Waals surface area contributed by atoms with Crippen molar-refractivity contribution in [3.05, 3.63) is 54.1 Å². The molecule has 2 aromatic carbocycles. The van der Waals surface area contributed by atoms with Crippen LogP contribution >= 0.6 is 0 Å². The Kier molecular flexibility index (Phi) is 4.56. The Labute approximate surface area is 129 Å². The van der Waals surface area contributed by atoms with Crippen LogP contribution in [0.5, 0.6) is 5.75 Å². The smallest absolute Gasteiger partial charge is 0.201 e. The van der Waals surface area contributed by atoms with E-state index in [0.717, 1.165) is 28.3 Å². The molecule has 3 aromatic rings. The lowest BCUT2D eigenvalue weighted by Crippen LogP contribution is -2.10. The Morgan fingerprint density at radius 1 is 1.09 bits per heavy atom. The minimum atomic E-state index is 0.589. The predicted molar refractivity (Wildman–Crippen MR) is 87.2 cm³/mol. The molecule has 0 unspecified atom stereocenters. The third-order valence-electron chi connectivity index (χ3n) is 3.36. The zero-order valence-electron chi connectivity index (χ0n) is 12.5. The summed E-state index contributed by atoms with van der Waals surface area (Å²) >= 11 is 0. The van der Waals surface area contributed by atoms with Crippen molar-refractivity contribution in [1.29, 1.82) is 0 Å². The van der Waals surface area contributed by atoms with Crippen LogP contribution in [0.2, 0.25) is 0 Å². The number of fused-ring (bicyclic) bond motifs is 1. The van der Waals surface area contributed by atoms with Gasteiger partial charge in [0.05, 0.1) is 31.4 Å². The molecule has 0 saturated heterocycles. The van der Waals surface area contributed by atoms with Crippen LogP contribution < -0.4 is 10.1 Å². The molecule has 0 amide bonds. The number of anilines is 1. The van der Waals surface area contributed by atoms with Crippen LogP contribution in [0.3, 0.4) is 0 Å². The van der Waals surface area contributed by atoms with E-state index in [2.05, 4.69) is 15.3 Å². The van der Waals surface area contributed by atoms with Crippen molar-refractivity contribution in [2.24, 2.45) is 0 Å². The standard InChI is InChI=1S/C17H19N3O2/c1-21-14-8-6-13(7-9-14)12-22-11-10-18-17-19-15-4-2-3-5-16(15)20-17/h2-9H,10-12H2,1H3,(H2,18,19,20). The maximum absolute atomic E-state index is 5.64. The molecular formula is C17H19N3O2. The summed E-state index contributed by atoms with van der Waals surface area (Å²) in [7, 11) is 1.66. The normalized spacial score (nSPS) is 10.8.